The van der Waals surface area contributed by atoms with E-state index < -0.39 is 0 Å². The molecule has 0 atom stereocenters. The van der Waals surface area contributed by atoms with Gasteiger partial charge in [-0.1, -0.05) is 0 Å². The van der Waals surface area contributed by atoms with Gasteiger partial charge in [0.05, 0.1) is 5.69 Å². The van der Waals surface area contributed by atoms with Crippen LogP contribution in [0.2, 0.25) is 0 Å². The van der Waals surface area contributed by atoms with Crippen molar-refractivity contribution in [3.8, 4) is 0 Å². The number of ether oxygens (including phenoxy) is 1. The number of methoxy groups -OCH3 is 1. The van der Waals surface area contributed by atoms with Crippen molar-refractivity contribution in [1.82, 2.24) is 9.78 Å². The molecule has 0 saturated carbocycles. The van der Waals surface area contributed by atoms with Crippen molar-refractivity contribution in [3.63, 3.8) is 0 Å². The molecule has 0 amide bonds. The van der Waals surface area contributed by atoms with Crippen molar-refractivity contribution in [2.75, 3.05) is 13.7 Å². The van der Waals surface area contributed by atoms with Crippen LogP contribution >= 0.6 is 0 Å². The van der Waals surface area contributed by atoms with Crippen LogP contribution in [0.5, 0.6) is 0 Å². The van der Waals surface area contributed by atoms with Crippen LogP contribution in [-0.2, 0) is 18.2 Å². The molecule has 0 aliphatic rings. The maximum atomic E-state index is 10.5. The Kier molecular flexibility index (Phi) is 3.64. The highest BCUT2D eigenvalue weighted by atomic mass is 16.5. The summed E-state index contributed by atoms with van der Waals surface area (Å²) in [5, 5.41) is 4.18. The molecule has 1 heterocycles. The molecule has 0 aromatic carbocycles. The van der Waals surface area contributed by atoms with Crippen molar-refractivity contribution >= 4 is 6.29 Å². The van der Waals surface area contributed by atoms with Gasteiger partial charge in [0, 0.05) is 20.8 Å². The Morgan fingerprint density at radius 1 is 1.69 bits per heavy atom. The first kappa shape index (κ1) is 9.92. The van der Waals surface area contributed by atoms with Crippen LogP contribution in [0.3, 0.4) is 0 Å². The second kappa shape index (κ2) is 4.77. The highest BCUT2D eigenvalue weighted by Crippen LogP contribution is 2.03. The van der Waals surface area contributed by atoms with E-state index >= 15 is 0 Å². The van der Waals surface area contributed by atoms with E-state index in [1.165, 1.54) is 0 Å². The SMILES string of the molecule is COCCCc1cc(C=O)n(C)n1. The van der Waals surface area contributed by atoms with Gasteiger partial charge in [-0.05, 0) is 18.9 Å². The monoisotopic (exact) mass is 182 g/mol. The zero-order valence-electron chi connectivity index (χ0n) is 7.99. The van der Waals surface area contributed by atoms with E-state index in [4.69, 9.17) is 4.74 Å². The van der Waals surface area contributed by atoms with Crippen molar-refractivity contribution in [3.05, 3.63) is 17.5 Å². The summed E-state index contributed by atoms with van der Waals surface area (Å²) in [5.74, 6) is 0. The fourth-order valence-corrected chi connectivity index (χ4v) is 1.17. The quantitative estimate of drug-likeness (QED) is 0.500. The van der Waals surface area contributed by atoms with Crippen LogP contribution in [0.1, 0.15) is 22.6 Å². The number of hydrogen-bond donors (Lipinski definition) is 0. The number of aromatic nitrogens is 2. The molecule has 0 aliphatic carbocycles. The molecule has 1 aromatic heterocycles. The summed E-state index contributed by atoms with van der Waals surface area (Å²) in [7, 11) is 3.44. The topological polar surface area (TPSA) is 44.1 Å². The molecule has 0 saturated heterocycles. The molecule has 0 unspecified atom stereocenters. The molecule has 0 spiro atoms. The van der Waals surface area contributed by atoms with Crippen LogP contribution in [-0.4, -0.2) is 29.8 Å². The molecule has 1 rings (SSSR count). The lowest BCUT2D eigenvalue weighted by molar-refractivity contribution is 0.111. The molecular weight excluding hydrogens is 168 g/mol. The Bertz CT molecular complexity index is 281. The Balaban J connectivity index is 2.52. The first-order chi connectivity index (χ1) is 6.27. The van der Waals surface area contributed by atoms with Gasteiger partial charge in [-0.15, -0.1) is 0 Å². The van der Waals surface area contributed by atoms with E-state index in [1.807, 2.05) is 6.07 Å². The number of carbonyl (C=O) groups excluding carboxylic acids is 1. The molecule has 4 heteroatoms. The summed E-state index contributed by atoms with van der Waals surface area (Å²) in [6.45, 7) is 0.729. The minimum absolute atomic E-state index is 0.618. The van der Waals surface area contributed by atoms with E-state index in [9.17, 15) is 4.79 Å². The van der Waals surface area contributed by atoms with Crippen molar-refractivity contribution in [1.29, 1.82) is 0 Å². The Labute approximate surface area is 77.5 Å². The van der Waals surface area contributed by atoms with Crippen LogP contribution in [0.4, 0.5) is 0 Å². The van der Waals surface area contributed by atoms with Gasteiger partial charge < -0.3 is 4.74 Å². The largest absolute Gasteiger partial charge is 0.385 e. The molecule has 13 heavy (non-hydrogen) atoms. The zero-order valence-corrected chi connectivity index (χ0v) is 7.99. The number of carbonyl (C=O) groups is 1. The molecule has 4 nitrogen and oxygen atoms in total. The maximum Gasteiger partial charge on any atom is 0.168 e. The number of nitrogens with zero attached hydrogens (tertiary/aromatic N) is 2. The molecule has 0 radical (unpaired) electrons. The molecule has 0 fully saturated rings. The first-order valence-corrected chi connectivity index (χ1v) is 4.25. The third kappa shape index (κ3) is 2.66. The third-order valence-corrected chi connectivity index (χ3v) is 1.87. The third-order valence-electron chi connectivity index (χ3n) is 1.87. The van der Waals surface area contributed by atoms with Gasteiger partial charge in [-0.3, -0.25) is 9.48 Å². The number of hydrogen-bond acceptors (Lipinski definition) is 3. The lowest BCUT2D eigenvalue weighted by atomic mass is 10.2. The smallest absolute Gasteiger partial charge is 0.168 e. The van der Waals surface area contributed by atoms with Gasteiger partial charge in [0.25, 0.3) is 0 Å². The lowest BCUT2D eigenvalue weighted by Crippen LogP contribution is -1.97. The predicted octanol–water partition coefficient (Wildman–Crippen LogP) is 0.812. The fraction of sp³-hybridized carbons (Fsp3) is 0.556. The molecule has 72 valence electrons. The van der Waals surface area contributed by atoms with Crippen molar-refractivity contribution in [2.24, 2.45) is 7.05 Å². The number of aryl methyl sites for hydroxylation is 2. The minimum atomic E-state index is 0.618. The van der Waals surface area contributed by atoms with Gasteiger partial charge in [0.15, 0.2) is 6.29 Å². The minimum Gasteiger partial charge on any atom is -0.385 e. The predicted molar refractivity (Wildman–Crippen MR) is 48.8 cm³/mol. The van der Waals surface area contributed by atoms with Crippen molar-refractivity contribution < 1.29 is 9.53 Å². The average Bonchev–Trinajstić information content (AvgIpc) is 2.47. The summed E-state index contributed by atoms with van der Waals surface area (Å²) < 4.78 is 6.52. The average molecular weight is 182 g/mol. The van der Waals surface area contributed by atoms with E-state index in [1.54, 1.807) is 18.8 Å². The Morgan fingerprint density at radius 3 is 3.00 bits per heavy atom. The molecule has 0 N–H and O–H groups in total. The van der Waals surface area contributed by atoms with E-state index in [2.05, 4.69) is 5.10 Å². The summed E-state index contributed by atoms with van der Waals surface area (Å²) in [6.07, 6.45) is 2.61. The van der Waals surface area contributed by atoms with Gasteiger partial charge >= 0.3 is 0 Å². The number of rotatable bonds is 5. The van der Waals surface area contributed by atoms with Crippen LogP contribution in [0.25, 0.3) is 0 Å². The Hall–Kier alpha value is -1.16. The normalized spacial score (nSPS) is 10.3. The first-order valence-electron chi connectivity index (χ1n) is 4.25. The van der Waals surface area contributed by atoms with Gasteiger partial charge in [-0.25, -0.2) is 0 Å². The van der Waals surface area contributed by atoms with Gasteiger partial charge in [-0.2, -0.15) is 5.10 Å². The second-order valence-electron chi connectivity index (χ2n) is 2.90. The maximum absolute atomic E-state index is 10.5. The van der Waals surface area contributed by atoms with E-state index in [0.29, 0.717) is 5.69 Å². The molecular formula is C9H14N2O2. The zero-order chi connectivity index (χ0) is 9.68. The second-order valence-corrected chi connectivity index (χ2v) is 2.90. The number of aldehydes is 1. The lowest BCUT2D eigenvalue weighted by Gasteiger charge is -1.95. The van der Waals surface area contributed by atoms with E-state index in [-0.39, 0.29) is 0 Å². The van der Waals surface area contributed by atoms with Crippen LogP contribution < -0.4 is 0 Å². The fourth-order valence-electron chi connectivity index (χ4n) is 1.17. The standard InChI is InChI=1S/C9H14N2O2/c1-11-9(7-12)6-8(10-11)4-3-5-13-2/h6-7H,3-5H2,1-2H3. The van der Waals surface area contributed by atoms with Crippen LogP contribution in [0, 0.1) is 0 Å². The van der Waals surface area contributed by atoms with Gasteiger partial charge in [0.2, 0.25) is 0 Å². The summed E-state index contributed by atoms with van der Waals surface area (Å²) >= 11 is 0. The van der Waals surface area contributed by atoms with Crippen molar-refractivity contribution in [2.45, 2.75) is 12.8 Å². The highest BCUT2D eigenvalue weighted by Gasteiger charge is 2.02. The summed E-state index contributed by atoms with van der Waals surface area (Å²) in [4.78, 5) is 10.5. The molecule has 0 aliphatic heterocycles. The molecule has 1 aromatic rings. The Morgan fingerprint density at radius 2 is 2.46 bits per heavy atom. The highest BCUT2D eigenvalue weighted by molar-refractivity contribution is 5.72. The molecule has 0 bridgehead atoms. The van der Waals surface area contributed by atoms with Crippen LogP contribution in [0.15, 0.2) is 6.07 Å². The summed E-state index contributed by atoms with van der Waals surface area (Å²) in [6, 6.07) is 1.81. The summed E-state index contributed by atoms with van der Waals surface area (Å²) in [5.41, 5.74) is 1.56. The van der Waals surface area contributed by atoms with E-state index in [0.717, 1.165) is 31.4 Å². The van der Waals surface area contributed by atoms with Gasteiger partial charge in [0.1, 0.15) is 5.69 Å².